The maximum atomic E-state index is 5.24. The van der Waals surface area contributed by atoms with Crippen molar-refractivity contribution in [2.75, 3.05) is 0 Å². The smallest absolute Gasteiger partial charge is 0.160 e. The Kier molecular flexibility index (Phi) is 12.6. The average molecular weight is 1230 g/mol. The monoisotopic (exact) mass is 1230 g/mol. The molecule has 4 nitrogen and oxygen atoms in total. The topological polar surface area (TPSA) is 51.6 Å². The van der Waals surface area contributed by atoms with Gasteiger partial charge in [0.05, 0.1) is 22.4 Å². The number of hydrogen-bond donors (Lipinski definition) is 0. The summed E-state index contributed by atoms with van der Waals surface area (Å²) in [6, 6.07) is 113. The van der Waals surface area contributed by atoms with Crippen molar-refractivity contribution in [1.82, 2.24) is 19.9 Å². The van der Waals surface area contributed by atoms with E-state index in [2.05, 4.69) is 315 Å². The summed E-state index contributed by atoms with van der Waals surface area (Å²) in [4.78, 5) is 20.6. The Morgan fingerprint density at radius 1 is 0.181 bits per heavy atom. The summed E-state index contributed by atoms with van der Waals surface area (Å²) >= 11 is 3.74. The second-order valence-corrected chi connectivity index (χ2v) is 26.6. The van der Waals surface area contributed by atoms with E-state index in [-0.39, 0.29) is 0 Å². The second-order valence-electron chi connectivity index (χ2n) is 24.4. The van der Waals surface area contributed by atoms with Gasteiger partial charge in [-0.1, -0.05) is 243 Å². The molecule has 0 saturated carbocycles. The highest BCUT2D eigenvalue weighted by atomic mass is 32.1. The maximum absolute atomic E-state index is 5.24. The largest absolute Gasteiger partial charge is 0.228 e. The third-order valence-corrected chi connectivity index (χ3v) is 21.1. The van der Waals surface area contributed by atoms with Crippen LogP contribution in [0.5, 0.6) is 0 Å². The summed E-state index contributed by atoms with van der Waals surface area (Å²) in [5.41, 5.74) is 12.7. The van der Waals surface area contributed by atoms with Gasteiger partial charge in [-0.25, -0.2) is 19.9 Å². The van der Waals surface area contributed by atoms with Crippen LogP contribution in [0.15, 0.2) is 315 Å². The van der Waals surface area contributed by atoms with Gasteiger partial charge in [0.15, 0.2) is 11.6 Å². The van der Waals surface area contributed by atoms with Crippen LogP contribution in [-0.4, -0.2) is 19.9 Å². The fraction of sp³-hybridized carbons (Fsp3) is 0. The first-order valence-electron chi connectivity index (χ1n) is 31.8. The highest BCUT2D eigenvalue weighted by Gasteiger charge is 2.18. The van der Waals surface area contributed by atoms with Gasteiger partial charge in [-0.15, -0.1) is 22.7 Å². The molecule has 94 heavy (non-hydrogen) atoms. The highest BCUT2D eigenvalue weighted by molar-refractivity contribution is 7.26. The molecule has 6 heteroatoms. The zero-order chi connectivity index (χ0) is 61.8. The van der Waals surface area contributed by atoms with Crippen LogP contribution in [0.1, 0.15) is 0 Å². The molecule has 0 saturated heterocycles. The van der Waals surface area contributed by atoms with Crippen LogP contribution < -0.4 is 0 Å². The molecule has 0 fully saturated rings. The van der Waals surface area contributed by atoms with Gasteiger partial charge in [0, 0.05) is 73.4 Å². The molecule has 0 atom stereocenters. The third kappa shape index (κ3) is 9.17. The summed E-state index contributed by atoms with van der Waals surface area (Å²) < 4.78 is 5.32. The normalized spacial score (nSPS) is 11.8. The minimum atomic E-state index is 0.732. The number of benzene rings is 16. The minimum absolute atomic E-state index is 0.732. The van der Waals surface area contributed by atoms with Crippen molar-refractivity contribution in [1.29, 1.82) is 0 Å². The van der Waals surface area contributed by atoms with E-state index < -0.39 is 0 Å². The van der Waals surface area contributed by atoms with Crippen LogP contribution in [-0.2, 0) is 0 Å². The van der Waals surface area contributed by atoms with E-state index in [0.29, 0.717) is 0 Å². The first-order valence-corrected chi connectivity index (χ1v) is 33.4. The van der Waals surface area contributed by atoms with Gasteiger partial charge in [-0.05, 0) is 160 Å². The van der Waals surface area contributed by atoms with Gasteiger partial charge in [0.1, 0.15) is 0 Å². The lowest BCUT2D eigenvalue weighted by atomic mass is 9.94. The van der Waals surface area contributed by atoms with Gasteiger partial charge in [0.2, 0.25) is 0 Å². The number of para-hydroxylation sites is 2. The van der Waals surface area contributed by atoms with E-state index >= 15 is 0 Å². The summed E-state index contributed by atoms with van der Waals surface area (Å²) in [5.74, 6) is 1.46. The van der Waals surface area contributed by atoms with Gasteiger partial charge in [0.25, 0.3) is 0 Å². The molecular weight excluding hydrogens is 1180 g/mol. The van der Waals surface area contributed by atoms with Crippen molar-refractivity contribution in [2.45, 2.75) is 0 Å². The van der Waals surface area contributed by atoms with Crippen molar-refractivity contribution in [3.05, 3.63) is 315 Å². The highest BCUT2D eigenvalue weighted by Crippen LogP contribution is 2.44. The number of aromatic nitrogens is 4. The fourth-order valence-corrected chi connectivity index (χ4v) is 16.6. The van der Waals surface area contributed by atoms with Crippen molar-refractivity contribution < 1.29 is 0 Å². The summed E-state index contributed by atoms with van der Waals surface area (Å²) in [6.45, 7) is 0. The SMILES string of the molecule is c1ccc(-c2cccc(-c3nc(-c4ccc5c(ccc6ccc7cc8c(cc7c65)sc5ccccc58)c4)nc4ccccc34)c2)cc1.c1ccc(-c2cccc(-c3nc(-c4ccc5c(ccc6ccc7cc8sc9ccccc9c8cc7c65)c4)nc4ccccc34)c2)cc1. The molecule has 0 unspecified atom stereocenters. The molecule has 0 N–H and O–H groups in total. The number of rotatable bonds is 6. The Balaban J connectivity index is 0.000000133. The quantitative estimate of drug-likeness (QED) is 0.156. The number of thiophene rings is 2. The molecule has 0 radical (unpaired) electrons. The third-order valence-electron chi connectivity index (χ3n) is 18.8. The van der Waals surface area contributed by atoms with Gasteiger partial charge < -0.3 is 0 Å². The van der Waals surface area contributed by atoms with E-state index in [1.807, 2.05) is 22.7 Å². The molecular formula is C88H52N4S2. The minimum Gasteiger partial charge on any atom is -0.228 e. The van der Waals surface area contributed by atoms with Crippen LogP contribution in [0, 0.1) is 0 Å². The average Bonchev–Trinajstić information content (AvgIpc) is 1.30. The van der Waals surface area contributed by atoms with Crippen molar-refractivity contribution in [2.24, 2.45) is 0 Å². The van der Waals surface area contributed by atoms with E-state index in [4.69, 9.17) is 19.9 Å². The van der Waals surface area contributed by atoms with Gasteiger partial charge >= 0.3 is 0 Å². The molecule has 0 aliphatic heterocycles. The van der Waals surface area contributed by atoms with Crippen molar-refractivity contribution >= 4 is 149 Å². The van der Waals surface area contributed by atoms with Crippen LogP contribution in [0.25, 0.3) is 194 Å². The van der Waals surface area contributed by atoms with Crippen LogP contribution in [0.4, 0.5) is 0 Å². The molecule has 0 aliphatic rings. The lowest BCUT2D eigenvalue weighted by molar-refractivity contribution is 1.23. The van der Waals surface area contributed by atoms with E-state index in [1.165, 1.54) is 127 Å². The van der Waals surface area contributed by atoms with E-state index in [0.717, 1.165) is 67.1 Å². The van der Waals surface area contributed by atoms with Crippen LogP contribution in [0.2, 0.25) is 0 Å². The lowest BCUT2D eigenvalue weighted by Gasteiger charge is -2.12. The van der Waals surface area contributed by atoms with Crippen LogP contribution >= 0.6 is 22.7 Å². The van der Waals surface area contributed by atoms with Crippen molar-refractivity contribution in [3.63, 3.8) is 0 Å². The molecule has 0 bridgehead atoms. The zero-order valence-corrected chi connectivity index (χ0v) is 52.3. The first-order chi connectivity index (χ1) is 46.5. The number of nitrogens with zero attached hydrogens (tertiary/aromatic N) is 4. The molecule has 436 valence electrons. The van der Waals surface area contributed by atoms with E-state index in [1.54, 1.807) is 0 Å². The van der Waals surface area contributed by atoms with Crippen LogP contribution in [0.3, 0.4) is 0 Å². The summed E-state index contributed by atoms with van der Waals surface area (Å²) in [6.07, 6.45) is 0. The zero-order valence-electron chi connectivity index (χ0n) is 50.6. The Morgan fingerprint density at radius 3 is 1.07 bits per heavy atom. The fourth-order valence-electron chi connectivity index (χ4n) is 14.3. The Hall–Kier alpha value is -11.8. The van der Waals surface area contributed by atoms with E-state index in [9.17, 15) is 0 Å². The maximum Gasteiger partial charge on any atom is 0.160 e. The van der Waals surface area contributed by atoms with Gasteiger partial charge in [-0.2, -0.15) is 0 Å². The Bertz CT molecular complexity index is 6480. The molecule has 0 spiro atoms. The summed E-state index contributed by atoms with van der Waals surface area (Å²) in [7, 11) is 0. The predicted octanol–water partition coefficient (Wildman–Crippen LogP) is 24.9. The van der Waals surface area contributed by atoms with Crippen molar-refractivity contribution in [3.8, 4) is 67.5 Å². The molecule has 0 amide bonds. The Morgan fingerprint density at radius 2 is 0.564 bits per heavy atom. The van der Waals surface area contributed by atoms with Gasteiger partial charge in [-0.3, -0.25) is 0 Å². The standard InChI is InChI=1S/2C44H26N2S/c1-2-9-27(10-3-1)29-11-8-12-32(23-29)43-36-14-4-6-15-39(36)45-44(46-43)33-21-22-34-30(24-33)19-17-28-18-20-31-25-41-38(26-37(31)42(28)34)35-13-5-7-16-40(35)47-41;1-2-9-27(10-3-1)29-11-8-12-32(23-29)43-36-14-4-6-15-39(36)45-44(46-43)33-21-22-34-30(24-33)19-17-28-18-20-31-25-38-35-13-5-7-16-40(35)47-41(38)26-37(31)42(28)34/h2*1-26H. The molecule has 16 aromatic carbocycles. The molecule has 4 aromatic heterocycles. The first kappa shape index (κ1) is 54.0. The molecule has 20 aromatic rings. The number of hydrogen-bond acceptors (Lipinski definition) is 6. The molecule has 4 heterocycles. The predicted molar refractivity (Wildman–Crippen MR) is 403 cm³/mol. The Labute approximate surface area is 548 Å². The summed E-state index contributed by atoms with van der Waals surface area (Å²) in [5, 5.41) is 22.5. The lowest BCUT2D eigenvalue weighted by Crippen LogP contribution is -1.95. The molecule has 20 rings (SSSR count). The molecule has 0 aliphatic carbocycles. The second kappa shape index (κ2) is 22.0. The number of fused-ring (bicyclic) bond motifs is 18.